The summed E-state index contributed by atoms with van der Waals surface area (Å²) in [7, 11) is 3.32. The normalized spacial score (nSPS) is 12.7. The Bertz CT molecular complexity index is 434. The molecule has 1 rings (SSSR count). The molecule has 0 aliphatic heterocycles. The zero-order chi connectivity index (χ0) is 16.5. The summed E-state index contributed by atoms with van der Waals surface area (Å²) in [5.41, 5.74) is 1.09. The molecule has 4 heteroatoms. The Hall–Kier alpha value is -1.26. The Labute approximate surface area is 135 Å². The Morgan fingerprint density at radius 1 is 1.18 bits per heavy atom. The first-order valence-electron chi connectivity index (χ1n) is 8.12. The molecule has 1 aromatic carbocycles. The van der Waals surface area contributed by atoms with Gasteiger partial charge in [-0.25, -0.2) is 0 Å². The van der Waals surface area contributed by atoms with Gasteiger partial charge in [-0.15, -0.1) is 0 Å². The second-order valence-corrected chi connectivity index (χ2v) is 6.13. The number of rotatable bonds is 10. The van der Waals surface area contributed by atoms with Gasteiger partial charge in [-0.2, -0.15) is 0 Å². The third-order valence-electron chi connectivity index (χ3n) is 3.84. The first-order valence-corrected chi connectivity index (χ1v) is 8.12. The standard InChI is InChI=1S/C18H31NO3/c1-6-16(20)13-19(11-10-14(2)3)12-15-8-7-9-17(21-4)18(15)22-5/h7-9,14,16,20H,6,10-13H2,1-5H3/t16-/m1/s1. The number of aliphatic hydroxyl groups excluding tert-OH is 1. The van der Waals surface area contributed by atoms with E-state index in [-0.39, 0.29) is 6.10 Å². The summed E-state index contributed by atoms with van der Waals surface area (Å²) in [5, 5.41) is 10.0. The minimum atomic E-state index is -0.288. The number of hydrogen-bond donors (Lipinski definition) is 1. The molecule has 1 N–H and O–H groups in total. The van der Waals surface area contributed by atoms with Gasteiger partial charge in [-0.1, -0.05) is 32.9 Å². The predicted octanol–water partition coefficient (Wildman–Crippen LogP) is 3.32. The Morgan fingerprint density at radius 2 is 1.91 bits per heavy atom. The lowest BCUT2D eigenvalue weighted by Gasteiger charge is -2.26. The van der Waals surface area contributed by atoms with Crippen LogP contribution in [0.25, 0.3) is 0 Å². The van der Waals surface area contributed by atoms with Gasteiger partial charge in [0.25, 0.3) is 0 Å². The number of hydrogen-bond acceptors (Lipinski definition) is 4. The summed E-state index contributed by atoms with van der Waals surface area (Å²) in [6.45, 7) is 8.86. The van der Waals surface area contributed by atoms with E-state index in [1.165, 1.54) is 0 Å². The Morgan fingerprint density at radius 3 is 2.45 bits per heavy atom. The van der Waals surface area contributed by atoms with E-state index in [4.69, 9.17) is 9.47 Å². The molecule has 0 fully saturated rings. The topological polar surface area (TPSA) is 41.9 Å². The molecule has 0 aliphatic carbocycles. The molecule has 4 nitrogen and oxygen atoms in total. The Balaban J connectivity index is 2.87. The zero-order valence-electron chi connectivity index (χ0n) is 14.6. The average molecular weight is 309 g/mol. The number of benzene rings is 1. The molecule has 0 bridgehead atoms. The van der Waals surface area contributed by atoms with E-state index in [0.717, 1.165) is 43.0 Å². The van der Waals surface area contributed by atoms with Crippen LogP contribution in [0.4, 0.5) is 0 Å². The highest BCUT2D eigenvalue weighted by Gasteiger charge is 2.16. The third-order valence-corrected chi connectivity index (χ3v) is 3.84. The molecule has 0 spiro atoms. The van der Waals surface area contributed by atoms with E-state index >= 15 is 0 Å². The fourth-order valence-corrected chi connectivity index (χ4v) is 2.42. The number of aliphatic hydroxyl groups is 1. The van der Waals surface area contributed by atoms with Gasteiger partial charge in [0.15, 0.2) is 11.5 Å². The molecule has 22 heavy (non-hydrogen) atoms. The van der Waals surface area contributed by atoms with Crippen molar-refractivity contribution in [3.8, 4) is 11.5 Å². The largest absolute Gasteiger partial charge is 0.493 e. The van der Waals surface area contributed by atoms with Gasteiger partial charge in [0.1, 0.15) is 0 Å². The van der Waals surface area contributed by atoms with Crippen molar-refractivity contribution in [1.82, 2.24) is 4.90 Å². The minimum absolute atomic E-state index is 0.288. The molecular weight excluding hydrogens is 278 g/mol. The van der Waals surface area contributed by atoms with Gasteiger partial charge in [0.05, 0.1) is 20.3 Å². The molecule has 0 radical (unpaired) electrons. The lowest BCUT2D eigenvalue weighted by molar-refractivity contribution is 0.102. The molecule has 0 unspecified atom stereocenters. The maximum absolute atomic E-state index is 10.0. The monoisotopic (exact) mass is 309 g/mol. The molecule has 1 aromatic rings. The van der Waals surface area contributed by atoms with Gasteiger partial charge < -0.3 is 14.6 Å². The van der Waals surface area contributed by atoms with Gasteiger partial charge in [-0.3, -0.25) is 4.90 Å². The van der Waals surface area contributed by atoms with Crippen molar-refractivity contribution in [1.29, 1.82) is 0 Å². The second kappa shape index (κ2) is 9.70. The minimum Gasteiger partial charge on any atom is -0.493 e. The molecule has 0 amide bonds. The molecular formula is C18H31NO3. The lowest BCUT2D eigenvalue weighted by Crippen LogP contribution is -2.33. The van der Waals surface area contributed by atoms with E-state index in [0.29, 0.717) is 12.5 Å². The van der Waals surface area contributed by atoms with Crippen molar-refractivity contribution in [2.75, 3.05) is 27.3 Å². The summed E-state index contributed by atoms with van der Waals surface area (Å²) in [4.78, 5) is 2.30. The van der Waals surface area contributed by atoms with Gasteiger partial charge >= 0.3 is 0 Å². The predicted molar refractivity (Wildman–Crippen MR) is 90.6 cm³/mol. The molecule has 0 heterocycles. The van der Waals surface area contributed by atoms with E-state index in [1.54, 1.807) is 14.2 Å². The first kappa shape index (κ1) is 18.8. The smallest absolute Gasteiger partial charge is 0.165 e. The fourth-order valence-electron chi connectivity index (χ4n) is 2.42. The van der Waals surface area contributed by atoms with Gasteiger partial charge in [0.2, 0.25) is 0 Å². The van der Waals surface area contributed by atoms with Crippen LogP contribution >= 0.6 is 0 Å². The van der Waals surface area contributed by atoms with Crippen LogP contribution in [0.3, 0.4) is 0 Å². The number of nitrogens with zero attached hydrogens (tertiary/aromatic N) is 1. The van der Waals surface area contributed by atoms with Gasteiger partial charge in [-0.05, 0) is 31.4 Å². The number of ether oxygens (including phenoxy) is 2. The van der Waals surface area contributed by atoms with Crippen LogP contribution in [0.1, 0.15) is 39.2 Å². The van der Waals surface area contributed by atoms with Crippen molar-refractivity contribution in [2.45, 2.75) is 46.3 Å². The van der Waals surface area contributed by atoms with Crippen LogP contribution in [-0.4, -0.2) is 43.4 Å². The van der Waals surface area contributed by atoms with Crippen LogP contribution in [-0.2, 0) is 6.54 Å². The van der Waals surface area contributed by atoms with Crippen LogP contribution < -0.4 is 9.47 Å². The van der Waals surface area contributed by atoms with Crippen LogP contribution in [0.15, 0.2) is 18.2 Å². The van der Waals surface area contributed by atoms with E-state index < -0.39 is 0 Å². The van der Waals surface area contributed by atoms with Crippen molar-refractivity contribution < 1.29 is 14.6 Å². The van der Waals surface area contributed by atoms with E-state index in [9.17, 15) is 5.11 Å². The van der Waals surface area contributed by atoms with Crippen molar-refractivity contribution in [3.63, 3.8) is 0 Å². The van der Waals surface area contributed by atoms with Gasteiger partial charge in [0, 0.05) is 18.7 Å². The van der Waals surface area contributed by atoms with Crippen molar-refractivity contribution in [3.05, 3.63) is 23.8 Å². The Kier molecular flexibility index (Phi) is 8.28. The zero-order valence-corrected chi connectivity index (χ0v) is 14.6. The van der Waals surface area contributed by atoms with E-state index in [1.807, 2.05) is 19.1 Å². The maximum atomic E-state index is 10.0. The molecule has 0 aromatic heterocycles. The fraction of sp³-hybridized carbons (Fsp3) is 0.667. The summed E-state index contributed by atoms with van der Waals surface area (Å²) in [5.74, 6) is 2.18. The maximum Gasteiger partial charge on any atom is 0.165 e. The van der Waals surface area contributed by atoms with E-state index in [2.05, 4.69) is 24.8 Å². The number of para-hydroxylation sites is 1. The lowest BCUT2D eigenvalue weighted by atomic mass is 10.1. The third kappa shape index (κ3) is 5.85. The van der Waals surface area contributed by atoms with Crippen LogP contribution in [0.2, 0.25) is 0 Å². The van der Waals surface area contributed by atoms with Crippen molar-refractivity contribution in [2.24, 2.45) is 5.92 Å². The molecule has 126 valence electrons. The molecule has 0 saturated heterocycles. The molecule has 0 saturated carbocycles. The number of methoxy groups -OCH3 is 2. The molecule has 0 aliphatic rings. The highest BCUT2D eigenvalue weighted by atomic mass is 16.5. The summed E-state index contributed by atoms with van der Waals surface area (Å²) in [6.07, 6.45) is 1.60. The highest BCUT2D eigenvalue weighted by Crippen LogP contribution is 2.31. The highest BCUT2D eigenvalue weighted by molar-refractivity contribution is 5.46. The molecule has 1 atom stereocenters. The average Bonchev–Trinajstić information content (AvgIpc) is 2.51. The first-order chi connectivity index (χ1) is 10.5. The quantitative estimate of drug-likeness (QED) is 0.720. The van der Waals surface area contributed by atoms with Crippen LogP contribution in [0.5, 0.6) is 11.5 Å². The second-order valence-electron chi connectivity index (χ2n) is 6.13. The summed E-state index contributed by atoms with van der Waals surface area (Å²) < 4.78 is 10.9. The summed E-state index contributed by atoms with van der Waals surface area (Å²) >= 11 is 0. The van der Waals surface area contributed by atoms with Crippen LogP contribution in [0, 0.1) is 5.92 Å². The van der Waals surface area contributed by atoms with Crippen molar-refractivity contribution >= 4 is 0 Å². The SMILES string of the molecule is CC[C@@H](O)CN(CCC(C)C)Cc1cccc(OC)c1OC. The summed E-state index contributed by atoms with van der Waals surface area (Å²) in [6, 6.07) is 5.94.